The molecule has 1 fully saturated rings. The summed E-state index contributed by atoms with van der Waals surface area (Å²) >= 11 is 6.04. The maximum Gasteiger partial charge on any atom is 0.232 e. The van der Waals surface area contributed by atoms with Gasteiger partial charge in [0.1, 0.15) is 0 Å². The molecule has 1 amide bonds. The molecule has 1 N–H and O–H groups in total. The van der Waals surface area contributed by atoms with Crippen LogP contribution in [0.3, 0.4) is 0 Å². The molecule has 3 heteroatoms. The lowest BCUT2D eigenvalue weighted by atomic mass is 9.77. The molecule has 0 aromatic heterocycles. The van der Waals surface area contributed by atoms with Gasteiger partial charge in [0.05, 0.1) is 5.92 Å². The number of carbonyl (C=O) groups is 1. The Morgan fingerprint density at radius 1 is 1.18 bits per heavy atom. The Balaban J connectivity index is 1.95. The number of halogens is 1. The normalized spacial score (nSPS) is 24.5. The Kier molecular flexibility index (Phi) is 2.83. The predicted octanol–water partition coefficient (Wildman–Crippen LogP) is 3.96. The third-order valence-electron chi connectivity index (χ3n) is 4.01. The molecule has 2 nitrogen and oxygen atoms in total. The first-order chi connectivity index (χ1) is 8.25. The zero-order valence-electron chi connectivity index (χ0n) is 9.71. The lowest BCUT2D eigenvalue weighted by Gasteiger charge is -2.26. The number of hydrogen-bond acceptors (Lipinski definition) is 1. The third kappa shape index (κ3) is 1.95. The topological polar surface area (TPSA) is 29.1 Å². The smallest absolute Gasteiger partial charge is 0.232 e. The number of fused-ring (bicyclic) bond motifs is 1. The second-order valence-electron chi connectivity index (χ2n) is 5.10. The molecule has 0 saturated heterocycles. The molecule has 1 aromatic carbocycles. The molecule has 0 radical (unpaired) electrons. The summed E-state index contributed by atoms with van der Waals surface area (Å²) in [6.45, 7) is 0. The van der Waals surface area contributed by atoms with Crippen LogP contribution in [0.1, 0.15) is 43.6 Å². The second kappa shape index (κ2) is 4.34. The van der Waals surface area contributed by atoms with Gasteiger partial charge in [-0.1, -0.05) is 30.9 Å². The Labute approximate surface area is 106 Å². The number of rotatable bonds is 1. The van der Waals surface area contributed by atoms with Gasteiger partial charge in [-0.15, -0.1) is 0 Å². The zero-order chi connectivity index (χ0) is 11.8. The van der Waals surface area contributed by atoms with Crippen LogP contribution in [-0.2, 0) is 4.79 Å². The molecule has 1 aromatic rings. The largest absolute Gasteiger partial charge is 0.325 e. The summed E-state index contributed by atoms with van der Waals surface area (Å²) < 4.78 is 0. The molecule has 1 heterocycles. The number of benzene rings is 1. The van der Waals surface area contributed by atoms with Crippen LogP contribution in [0.15, 0.2) is 18.2 Å². The molecule has 1 aliphatic carbocycles. The minimum Gasteiger partial charge on any atom is -0.325 e. The van der Waals surface area contributed by atoms with Gasteiger partial charge in [0, 0.05) is 10.7 Å². The highest BCUT2D eigenvalue weighted by molar-refractivity contribution is 6.31. The molecule has 90 valence electrons. The summed E-state index contributed by atoms with van der Waals surface area (Å²) in [5.41, 5.74) is 2.06. The minimum absolute atomic E-state index is 0.0315. The van der Waals surface area contributed by atoms with Crippen molar-refractivity contribution in [3.63, 3.8) is 0 Å². The lowest BCUT2D eigenvalue weighted by molar-refractivity contribution is -0.118. The predicted molar refractivity (Wildman–Crippen MR) is 69.4 cm³/mol. The maximum absolute atomic E-state index is 12.1. The SMILES string of the molecule is O=C1Nc2ccc(Cl)cc2C1C1CCCCC1. The van der Waals surface area contributed by atoms with E-state index in [9.17, 15) is 4.79 Å². The molecule has 1 unspecified atom stereocenters. The number of anilines is 1. The highest BCUT2D eigenvalue weighted by Gasteiger charge is 2.37. The minimum atomic E-state index is 0.0315. The first kappa shape index (κ1) is 11.1. The van der Waals surface area contributed by atoms with Crippen molar-refractivity contribution in [3.05, 3.63) is 28.8 Å². The van der Waals surface area contributed by atoms with Crippen LogP contribution in [0.5, 0.6) is 0 Å². The number of amides is 1. The Morgan fingerprint density at radius 3 is 2.71 bits per heavy atom. The average molecular weight is 250 g/mol. The van der Waals surface area contributed by atoms with E-state index < -0.39 is 0 Å². The van der Waals surface area contributed by atoms with Crippen molar-refractivity contribution >= 4 is 23.2 Å². The van der Waals surface area contributed by atoms with Gasteiger partial charge in [-0.25, -0.2) is 0 Å². The summed E-state index contributed by atoms with van der Waals surface area (Å²) in [7, 11) is 0. The molecule has 1 saturated carbocycles. The van der Waals surface area contributed by atoms with Crippen molar-refractivity contribution in [3.8, 4) is 0 Å². The quantitative estimate of drug-likeness (QED) is 0.802. The van der Waals surface area contributed by atoms with Crippen LogP contribution in [0.2, 0.25) is 5.02 Å². The molecule has 17 heavy (non-hydrogen) atoms. The molecule has 1 aliphatic heterocycles. The van der Waals surface area contributed by atoms with Crippen molar-refractivity contribution in [1.29, 1.82) is 0 Å². The molecule has 2 aliphatic rings. The van der Waals surface area contributed by atoms with Crippen molar-refractivity contribution in [2.75, 3.05) is 5.32 Å². The van der Waals surface area contributed by atoms with Gasteiger partial charge >= 0.3 is 0 Å². The fourth-order valence-electron chi connectivity index (χ4n) is 3.19. The van der Waals surface area contributed by atoms with Crippen LogP contribution in [-0.4, -0.2) is 5.91 Å². The van der Waals surface area contributed by atoms with E-state index in [2.05, 4.69) is 5.32 Å². The first-order valence-electron chi connectivity index (χ1n) is 6.36. The molecular formula is C14H16ClNO. The number of hydrogen-bond donors (Lipinski definition) is 1. The number of nitrogens with one attached hydrogen (secondary N) is 1. The maximum atomic E-state index is 12.1. The standard InChI is InChI=1S/C14H16ClNO/c15-10-6-7-12-11(8-10)13(14(17)16-12)9-4-2-1-3-5-9/h6-9,13H,1-5H2,(H,16,17). The van der Waals surface area contributed by atoms with Gasteiger partial charge in [0.2, 0.25) is 5.91 Å². The van der Waals surface area contributed by atoms with E-state index in [4.69, 9.17) is 11.6 Å². The Morgan fingerprint density at radius 2 is 1.94 bits per heavy atom. The summed E-state index contributed by atoms with van der Waals surface area (Å²) in [6.07, 6.45) is 6.16. The Hall–Kier alpha value is -1.02. The van der Waals surface area contributed by atoms with E-state index in [1.807, 2.05) is 18.2 Å². The van der Waals surface area contributed by atoms with E-state index in [1.165, 1.54) is 32.1 Å². The highest BCUT2D eigenvalue weighted by atomic mass is 35.5. The lowest BCUT2D eigenvalue weighted by Crippen LogP contribution is -2.22. The van der Waals surface area contributed by atoms with Gasteiger partial charge in [0.15, 0.2) is 0 Å². The van der Waals surface area contributed by atoms with E-state index in [0.29, 0.717) is 5.92 Å². The van der Waals surface area contributed by atoms with Crippen molar-refractivity contribution in [2.24, 2.45) is 5.92 Å². The van der Waals surface area contributed by atoms with E-state index in [-0.39, 0.29) is 11.8 Å². The van der Waals surface area contributed by atoms with Gasteiger partial charge in [-0.2, -0.15) is 0 Å². The van der Waals surface area contributed by atoms with Crippen LogP contribution in [0, 0.1) is 5.92 Å². The fraction of sp³-hybridized carbons (Fsp3) is 0.500. The molecule has 0 bridgehead atoms. The fourth-order valence-corrected chi connectivity index (χ4v) is 3.37. The third-order valence-corrected chi connectivity index (χ3v) is 4.25. The van der Waals surface area contributed by atoms with E-state index in [0.717, 1.165) is 16.3 Å². The average Bonchev–Trinajstić information content (AvgIpc) is 2.65. The second-order valence-corrected chi connectivity index (χ2v) is 5.53. The summed E-state index contributed by atoms with van der Waals surface area (Å²) in [5.74, 6) is 0.696. The first-order valence-corrected chi connectivity index (χ1v) is 6.74. The van der Waals surface area contributed by atoms with Crippen LogP contribution in [0.25, 0.3) is 0 Å². The van der Waals surface area contributed by atoms with Crippen molar-refractivity contribution < 1.29 is 4.79 Å². The van der Waals surface area contributed by atoms with Crippen molar-refractivity contribution in [2.45, 2.75) is 38.0 Å². The Bertz CT molecular complexity index is 452. The summed E-state index contributed by atoms with van der Waals surface area (Å²) in [5, 5.41) is 3.70. The van der Waals surface area contributed by atoms with Gasteiger partial charge < -0.3 is 5.32 Å². The highest BCUT2D eigenvalue weighted by Crippen LogP contribution is 2.43. The van der Waals surface area contributed by atoms with E-state index >= 15 is 0 Å². The van der Waals surface area contributed by atoms with Gasteiger partial charge in [0.25, 0.3) is 0 Å². The molecular weight excluding hydrogens is 234 g/mol. The summed E-state index contributed by atoms with van der Waals surface area (Å²) in [6, 6.07) is 5.70. The zero-order valence-corrected chi connectivity index (χ0v) is 10.5. The van der Waals surface area contributed by atoms with Crippen LogP contribution in [0.4, 0.5) is 5.69 Å². The van der Waals surface area contributed by atoms with Crippen LogP contribution < -0.4 is 5.32 Å². The van der Waals surface area contributed by atoms with Crippen LogP contribution >= 0.6 is 11.6 Å². The molecule has 3 rings (SSSR count). The van der Waals surface area contributed by atoms with E-state index in [1.54, 1.807) is 0 Å². The van der Waals surface area contributed by atoms with Crippen molar-refractivity contribution in [1.82, 2.24) is 0 Å². The van der Waals surface area contributed by atoms with Gasteiger partial charge in [-0.3, -0.25) is 4.79 Å². The molecule has 1 atom stereocenters. The van der Waals surface area contributed by atoms with Gasteiger partial charge in [-0.05, 0) is 42.5 Å². The summed E-state index contributed by atoms with van der Waals surface area (Å²) in [4.78, 5) is 12.1. The molecule has 0 spiro atoms. The number of carbonyl (C=O) groups excluding carboxylic acids is 1. The monoisotopic (exact) mass is 249 g/mol.